The first-order valence-electron chi connectivity index (χ1n) is 22.8. The number of nitrogens with zero attached hydrogens (tertiary/aromatic N) is 6. The van der Waals surface area contributed by atoms with E-state index < -0.39 is 36.3 Å². The van der Waals surface area contributed by atoms with Gasteiger partial charge in [-0.25, -0.2) is 28.9 Å². The summed E-state index contributed by atoms with van der Waals surface area (Å²) in [6.07, 6.45) is 6.95. The lowest BCUT2D eigenvalue weighted by Gasteiger charge is -2.30. The van der Waals surface area contributed by atoms with Crippen LogP contribution in [0.5, 0.6) is 5.75 Å². The van der Waals surface area contributed by atoms with Crippen molar-refractivity contribution >= 4 is 46.2 Å². The molecule has 2 fully saturated rings. The van der Waals surface area contributed by atoms with Crippen LogP contribution in [0.4, 0.5) is 14.0 Å². The molecule has 17 nitrogen and oxygen atoms in total. The summed E-state index contributed by atoms with van der Waals surface area (Å²) in [5.74, 6) is 0.365. The van der Waals surface area contributed by atoms with Crippen LogP contribution in [-0.2, 0) is 25.5 Å². The fourth-order valence-corrected chi connectivity index (χ4v) is 10.5. The maximum Gasteiger partial charge on any atom is 0.407 e. The first kappa shape index (κ1) is 45.4. The molecule has 6 aromatic rings. The SMILES string of the molecule is CCc1ncc(C2Oc3cc(-c4cnc([C@@H]5CCCN5C(=O)[C@@H](NC(=O)OC)C(C)C)[nH]4)cc(F)c3-c3cc4cc(-c5cnc([C@@H]6CCCN6C(=O)[C@@H](NC(=O)OC)C(C)C)[nH]5)ccc4n32)s1. The first-order chi connectivity index (χ1) is 32.3. The van der Waals surface area contributed by atoms with Gasteiger partial charge in [0.05, 0.1) is 76.7 Å². The first-order valence-corrected chi connectivity index (χ1v) is 23.6. The summed E-state index contributed by atoms with van der Waals surface area (Å²) in [7, 11) is 2.54. The minimum Gasteiger partial charge on any atom is -0.464 e. The van der Waals surface area contributed by atoms with Crippen LogP contribution in [0.1, 0.15) is 100 Å². The van der Waals surface area contributed by atoms with Crippen molar-refractivity contribution in [3.05, 3.63) is 82.3 Å². The van der Waals surface area contributed by atoms with Crippen LogP contribution in [0.25, 0.3) is 44.7 Å². The highest BCUT2D eigenvalue weighted by Crippen LogP contribution is 2.48. The van der Waals surface area contributed by atoms with Gasteiger partial charge in [0.25, 0.3) is 0 Å². The summed E-state index contributed by atoms with van der Waals surface area (Å²) in [4.78, 5) is 77.1. The van der Waals surface area contributed by atoms with Gasteiger partial charge >= 0.3 is 12.2 Å². The van der Waals surface area contributed by atoms with E-state index in [9.17, 15) is 19.2 Å². The van der Waals surface area contributed by atoms with Crippen LogP contribution in [0, 0.1) is 17.7 Å². The molecule has 7 heterocycles. The highest BCUT2D eigenvalue weighted by atomic mass is 32.1. The number of methoxy groups -OCH3 is 2. The average Bonchev–Trinajstić information content (AvgIpc) is 4.18. The summed E-state index contributed by atoms with van der Waals surface area (Å²) in [6, 6.07) is 9.12. The summed E-state index contributed by atoms with van der Waals surface area (Å²) >= 11 is 1.55. The molecule has 352 valence electrons. The van der Waals surface area contributed by atoms with E-state index in [2.05, 4.69) is 30.6 Å². The molecule has 3 aliphatic rings. The second-order valence-electron chi connectivity index (χ2n) is 17.9. The van der Waals surface area contributed by atoms with Gasteiger partial charge in [-0.2, -0.15) is 0 Å². The molecule has 67 heavy (non-hydrogen) atoms. The molecule has 4 aromatic heterocycles. The molecule has 3 aliphatic heterocycles. The molecular weight excluding hydrogens is 880 g/mol. The number of aromatic nitrogens is 6. The van der Waals surface area contributed by atoms with E-state index >= 15 is 4.39 Å². The predicted molar refractivity (Wildman–Crippen MR) is 248 cm³/mol. The van der Waals surface area contributed by atoms with E-state index in [1.807, 2.05) is 75.7 Å². The number of thiazole rings is 1. The Kier molecular flexibility index (Phi) is 12.5. The molecule has 0 spiro atoms. The lowest BCUT2D eigenvalue weighted by atomic mass is 10.0. The normalized spacial score (nSPS) is 18.7. The molecule has 2 saturated heterocycles. The van der Waals surface area contributed by atoms with E-state index in [0.29, 0.717) is 59.4 Å². The van der Waals surface area contributed by atoms with Crippen molar-refractivity contribution in [2.24, 2.45) is 11.8 Å². The monoisotopic (exact) mass is 934 g/mol. The summed E-state index contributed by atoms with van der Waals surface area (Å²) in [6.45, 7) is 10.6. The molecule has 0 bridgehead atoms. The van der Waals surface area contributed by atoms with Crippen molar-refractivity contribution < 1.29 is 37.8 Å². The molecule has 0 radical (unpaired) electrons. The Labute approximate surface area is 390 Å². The number of amides is 4. The maximum atomic E-state index is 16.8. The van der Waals surface area contributed by atoms with Crippen LogP contribution < -0.4 is 15.4 Å². The van der Waals surface area contributed by atoms with Gasteiger partial charge in [0.15, 0.2) is 0 Å². The molecule has 0 aliphatic carbocycles. The number of hydrogen-bond acceptors (Lipinski definition) is 11. The van der Waals surface area contributed by atoms with Gasteiger partial charge in [-0.1, -0.05) is 40.7 Å². The van der Waals surface area contributed by atoms with E-state index in [1.165, 1.54) is 20.3 Å². The lowest BCUT2D eigenvalue weighted by molar-refractivity contribution is -0.136. The third-order valence-corrected chi connectivity index (χ3v) is 14.2. The number of ether oxygens (including phenoxy) is 3. The highest BCUT2D eigenvalue weighted by molar-refractivity contribution is 7.11. The van der Waals surface area contributed by atoms with Gasteiger partial charge in [0, 0.05) is 35.8 Å². The van der Waals surface area contributed by atoms with Crippen LogP contribution in [0.15, 0.2) is 55.0 Å². The van der Waals surface area contributed by atoms with Crippen LogP contribution >= 0.6 is 11.3 Å². The van der Waals surface area contributed by atoms with E-state index in [-0.39, 0.29) is 35.7 Å². The Morgan fingerprint density at radius 2 is 1.39 bits per heavy atom. The number of aryl methyl sites for hydroxylation is 1. The Morgan fingerprint density at radius 3 is 1.93 bits per heavy atom. The number of alkyl carbamates (subject to hydrolysis) is 2. The minimum absolute atomic E-state index is 0.154. The average molecular weight is 935 g/mol. The molecule has 2 aromatic carbocycles. The molecule has 19 heteroatoms. The van der Waals surface area contributed by atoms with Gasteiger partial charge in [-0.15, -0.1) is 11.3 Å². The molecular formula is C48H55FN10O7S. The number of likely N-dealkylation sites (tertiary alicyclic amines) is 2. The van der Waals surface area contributed by atoms with Crippen LogP contribution in [0.2, 0.25) is 0 Å². The molecule has 5 atom stereocenters. The third-order valence-electron chi connectivity index (χ3n) is 13.0. The van der Waals surface area contributed by atoms with Gasteiger partial charge in [-0.3, -0.25) is 14.2 Å². The largest absolute Gasteiger partial charge is 0.464 e. The molecule has 9 rings (SSSR count). The number of carbonyl (C=O) groups is 4. The summed E-state index contributed by atoms with van der Waals surface area (Å²) < 4.78 is 35.2. The van der Waals surface area contributed by atoms with E-state index in [4.69, 9.17) is 19.2 Å². The van der Waals surface area contributed by atoms with Gasteiger partial charge in [0.1, 0.15) is 35.3 Å². The molecule has 4 N–H and O–H groups in total. The van der Waals surface area contributed by atoms with Gasteiger partial charge < -0.3 is 44.6 Å². The number of nitrogens with one attached hydrogen (secondary N) is 4. The Balaban J connectivity index is 1.03. The number of imidazole rings is 2. The summed E-state index contributed by atoms with van der Waals surface area (Å²) in [5, 5.41) is 7.19. The van der Waals surface area contributed by atoms with Crippen molar-refractivity contribution in [1.82, 2.24) is 49.9 Å². The van der Waals surface area contributed by atoms with Crippen molar-refractivity contribution in [2.75, 3.05) is 27.3 Å². The zero-order chi connectivity index (χ0) is 47.3. The molecule has 0 saturated carbocycles. The smallest absolute Gasteiger partial charge is 0.407 e. The third kappa shape index (κ3) is 8.49. The quantitative estimate of drug-likeness (QED) is 0.0926. The molecule has 4 amide bonds. The van der Waals surface area contributed by atoms with Crippen molar-refractivity contribution in [2.45, 2.75) is 97.1 Å². The maximum absolute atomic E-state index is 16.8. The number of benzene rings is 2. The van der Waals surface area contributed by atoms with E-state index in [1.54, 1.807) is 33.5 Å². The topological polar surface area (TPSA) is 202 Å². The Bertz CT molecular complexity index is 2850. The number of carbonyl (C=O) groups excluding carboxylic acids is 4. The fourth-order valence-electron chi connectivity index (χ4n) is 9.58. The second-order valence-corrected chi connectivity index (χ2v) is 19.1. The van der Waals surface area contributed by atoms with Crippen LogP contribution in [0.3, 0.4) is 0 Å². The highest BCUT2D eigenvalue weighted by Gasteiger charge is 2.40. The van der Waals surface area contributed by atoms with Gasteiger partial charge in [-0.05, 0) is 74.3 Å². The Hall–Kier alpha value is -6.76. The summed E-state index contributed by atoms with van der Waals surface area (Å²) in [5.41, 5.74) is 4.50. The number of H-pyrrole nitrogens is 2. The number of rotatable bonds is 12. The van der Waals surface area contributed by atoms with E-state index in [0.717, 1.165) is 57.7 Å². The lowest BCUT2D eigenvalue weighted by Crippen LogP contribution is -2.51. The minimum atomic E-state index is -0.774. The number of aromatic amines is 2. The van der Waals surface area contributed by atoms with Crippen molar-refractivity contribution in [3.8, 4) is 39.5 Å². The number of hydrogen-bond donors (Lipinski definition) is 4. The number of halogens is 1. The van der Waals surface area contributed by atoms with Crippen molar-refractivity contribution in [1.29, 1.82) is 0 Å². The number of fused-ring (bicyclic) bond motifs is 5. The second kappa shape index (κ2) is 18.5. The van der Waals surface area contributed by atoms with Crippen LogP contribution in [-0.4, -0.2) is 103 Å². The zero-order valence-electron chi connectivity index (χ0n) is 38.5. The zero-order valence-corrected chi connectivity index (χ0v) is 39.3. The fraction of sp³-hybridized carbons (Fsp3) is 0.438. The standard InChI is InChI=1S/C48H55FN10O7S/c1-8-38-50-23-37(67-38)46-59-32-14-13-26(30-21-51-42(53-30)33-11-9-15-57(33)44(60)40(24(2)3)55-47(62)64-6)17-28(32)19-35(59)39-29(49)18-27(20-36(39)66-46)31-22-52-43(54-31)34-12-10-16-58(34)45(61)41(25(4)5)56-48(63)65-7/h13-14,17-25,33-34,40-41,46H,8-12,15-16H2,1-7H3,(H,51,53)(H,52,54)(H,55,62)(H,56,63)/t33-,34-,40-,41-,46?/m0/s1. The predicted octanol–water partition coefficient (Wildman–Crippen LogP) is 8.27. The van der Waals surface area contributed by atoms with Gasteiger partial charge in [0.2, 0.25) is 18.0 Å². The Morgan fingerprint density at radius 1 is 0.806 bits per heavy atom. The molecule has 1 unspecified atom stereocenters. The van der Waals surface area contributed by atoms with Crippen molar-refractivity contribution in [3.63, 3.8) is 0 Å².